The van der Waals surface area contributed by atoms with Crippen LogP contribution >= 0.6 is 0 Å². The Morgan fingerprint density at radius 3 is 2.27 bits per heavy atom. The number of carbonyl (C=O) groups is 2. The number of hydrogen-bond acceptors (Lipinski definition) is 6. The minimum atomic E-state index is -4.73. The summed E-state index contributed by atoms with van der Waals surface area (Å²) in [4.78, 5) is 36.0. The van der Waals surface area contributed by atoms with E-state index in [0.717, 1.165) is 53.7 Å². The molecule has 5 aromatic rings. The molecule has 1 aliphatic rings. The second kappa shape index (κ2) is 14.8. The maximum atomic E-state index is 14.4. The largest absolute Gasteiger partial charge is 0.494 e. The molecule has 0 spiro atoms. The molecule has 51 heavy (non-hydrogen) atoms. The van der Waals surface area contributed by atoms with Crippen molar-refractivity contribution < 1.29 is 36.6 Å². The van der Waals surface area contributed by atoms with Gasteiger partial charge in [-0.3, -0.25) is 14.5 Å². The van der Waals surface area contributed by atoms with Crippen LogP contribution < -0.4 is 14.4 Å². The number of piperazine rings is 1. The van der Waals surface area contributed by atoms with Crippen LogP contribution in [0.2, 0.25) is 0 Å². The molecular formula is C38H37F4N5O4. The van der Waals surface area contributed by atoms with Crippen LogP contribution in [0.25, 0.3) is 10.9 Å². The average molecular weight is 704 g/mol. The molecule has 0 radical (unpaired) electrons. The smallest absolute Gasteiger partial charge is 0.416 e. The number of halogens is 4. The van der Waals surface area contributed by atoms with Gasteiger partial charge < -0.3 is 23.8 Å². The van der Waals surface area contributed by atoms with Gasteiger partial charge in [0.25, 0.3) is 11.8 Å². The normalized spacial score (nSPS) is 13.7. The highest BCUT2D eigenvalue weighted by Gasteiger charge is 2.32. The Bertz CT molecular complexity index is 2020. The molecule has 1 aliphatic heterocycles. The number of nitrogens with zero attached hydrogens (tertiary/aromatic N) is 5. The van der Waals surface area contributed by atoms with E-state index in [1.165, 1.54) is 30.9 Å². The molecule has 0 atom stereocenters. The summed E-state index contributed by atoms with van der Waals surface area (Å²) >= 11 is 0. The van der Waals surface area contributed by atoms with Gasteiger partial charge in [-0.25, -0.2) is 9.37 Å². The lowest BCUT2D eigenvalue weighted by Gasteiger charge is -2.34. The first-order valence-electron chi connectivity index (χ1n) is 16.5. The standard InChI is InChI=1S/C38H37F4N5O4/c1-4-19-50-29-10-5-25(6-11-29)24-46-15-17-47(18-16-46)37(49)34-20-26-7-12-30(22-33(26)45(34)3)51-35-14-9-28(23-43-35)44(2)36(48)31-13-8-27(21-32(31)39)38(40,41)42/h5-14,20-23H,4,15-19,24H2,1-3H3. The molecule has 266 valence electrons. The third-order valence-electron chi connectivity index (χ3n) is 8.86. The van der Waals surface area contributed by atoms with Gasteiger partial charge in [0.1, 0.15) is 23.0 Å². The minimum Gasteiger partial charge on any atom is -0.494 e. The van der Waals surface area contributed by atoms with E-state index in [-0.39, 0.29) is 17.5 Å². The summed E-state index contributed by atoms with van der Waals surface area (Å²) < 4.78 is 66.6. The van der Waals surface area contributed by atoms with Crippen molar-refractivity contribution in [3.8, 4) is 17.4 Å². The van der Waals surface area contributed by atoms with Crippen molar-refractivity contribution in [1.29, 1.82) is 0 Å². The van der Waals surface area contributed by atoms with E-state index in [9.17, 15) is 27.2 Å². The van der Waals surface area contributed by atoms with Crippen LogP contribution in [0.3, 0.4) is 0 Å². The van der Waals surface area contributed by atoms with Crippen LogP contribution in [0, 0.1) is 5.82 Å². The maximum Gasteiger partial charge on any atom is 0.416 e. The number of aromatic nitrogens is 2. The summed E-state index contributed by atoms with van der Waals surface area (Å²) in [5.74, 6) is -0.597. The fourth-order valence-electron chi connectivity index (χ4n) is 5.93. The average Bonchev–Trinajstić information content (AvgIpc) is 3.45. The van der Waals surface area contributed by atoms with Crippen molar-refractivity contribution >= 4 is 28.4 Å². The number of fused-ring (bicyclic) bond motifs is 1. The Balaban J connectivity index is 1.06. The molecule has 6 rings (SSSR count). The van der Waals surface area contributed by atoms with E-state index in [2.05, 4.69) is 28.9 Å². The van der Waals surface area contributed by atoms with Crippen molar-refractivity contribution in [2.75, 3.05) is 44.7 Å². The Morgan fingerprint density at radius 1 is 0.902 bits per heavy atom. The molecule has 0 aliphatic carbocycles. The molecule has 2 amide bonds. The van der Waals surface area contributed by atoms with Gasteiger partial charge in [0.05, 0.1) is 35.1 Å². The minimum absolute atomic E-state index is 0.0413. The zero-order valence-electron chi connectivity index (χ0n) is 28.4. The molecule has 9 nitrogen and oxygen atoms in total. The van der Waals surface area contributed by atoms with Crippen molar-refractivity contribution in [3.05, 3.63) is 113 Å². The van der Waals surface area contributed by atoms with Crippen LogP contribution in [-0.2, 0) is 19.8 Å². The summed E-state index contributed by atoms with van der Waals surface area (Å²) in [6, 6.07) is 20.3. The Hall–Kier alpha value is -5.43. The first-order chi connectivity index (χ1) is 24.4. The highest BCUT2D eigenvalue weighted by atomic mass is 19.4. The Morgan fingerprint density at radius 2 is 1.63 bits per heavy atom. The predicted octanol–water partition coefficient (Wildman–Crippen LogP) is 7.55. The highest BCUT2D eigenvalue weighted by Crippen LogP contribution is 2.32. The van der Waals surface area contributed by atoms with Crippen molar-refractivity contribution in [3.63, 3.8) is 0 Å². The number of ether oxygens (including phenoxy) is 2. The van der Waals surface area contributed by atoms with Crippen molar-refractivity contribution in [2.24, 2.45) is 7.05 Å². The number of hydrogen-bond donors (Lipinski definition) is 0. The topological polar surface area (TPSA) is 80.1 Å². The Labute approximate surface area is 292 Å². The van der Waals surface area contributed by atoms with Crippen LogP contribution in [0.4, 0.5) is 23.2 Å². The fourth-order valence-corrected chi connectivity index (χ4v) is 5.93. The summed E-state index contributed by atoms with van der Waals surface area (Å²) in [6.45, 7) is 6.36. The van der Waals surface area contributed by atoms with Gasteiger partial charge in [-0.2, -0.15) is 13.2 Å². The number of carbonyl (C=O) groups excluding carboxylic acids is 2. The number of anilines is 1. The second-order valence-electron chi connectivity index (χ2n) is 12.4. The van der Waals surface area contributed by atoms with Gasteiger partial charge in [0, 0.05) is 64.3 Å². The zero-order chi connectivity index (χ0) is 36.3. The van der Waals surface area contributed by atoms with Crippen LogP contribution in [0.1, 0.15) is 45.3 Å². The highest BCUT2D eigenvalue weighted by molar-refractivity contribution is 6.06. The molecule has 1 saturated heterocycles. The molecule has 13 heteroatoms. The summed E-state index contributed by atoms with van der Waals surface area (Å²) in [5, 5.41) is 0.872. The fraction of sp³-hybridized carbons (Fsp3) is 0.289. The zero-order valence-corrected chi connectivity index (χ0v) is 28.4. The van der Waals surface area contributed by atoms with E-state index in [4.69, 9.17) is 9.47 Å². The van der Waals surface area contributed by atoms with E-state index in [1.54, 1.807) is 12.1 Å². The third-order valence-corrected chi connectivity index (χ3v) is 8.86. The maximum absolute atomic E-state index is 14.4. The van der Waals surface area contributed by atoms with Gasteiger partial charge in [-0.1, -0.05) is 19.1 Å². The summed E-state index contributed by atoms with van der Waals surface area (Å²) in [6.07, 6.45) is -2.42. The molecule has 3 aromatic carbocycles. The van der Waals surface area contributed by atoms with Gasteiger partial charge >= 0.3 is 6.18 Å². The number of aryl methyl sites for hydroxylation is 1. The monoisotopic (exact) mass is 703 g/mol. The van der Waals surface area contributed by atoms with E-state index < -0.39 is 29.0 Å². The molecule has 1 fully saturated rings. The first kappa shape index (κ1) is 35.4. The second-order valence-corrected chi connectivity index (χ2v) is 12.4. The number of alkyl halides is 3. The molecule has 0 bridgehead atoms. The number of benzene rings is 3. The molecule has 2 aromatic heterocycles. The quantitative estimate of drug-likeness (QED) is 0.140. The van der Waals surface area contributed by atoms with Crippen molar-refractivity contribution in [1.82, 2.24) is 19.4 Å². The van der Waals surface area contributed by atoms with Gasteiger partial charge in [0.15, 0.2) is 0 Å². The Kier molecular flexibility index (Phi) is 10.3. The van der Waals surface area contributed by atoms with Gasteiger partial charge in [-0.15, -0.1) is 0 Å². The van der Waals surface area contributed by atoms with E-state index in [0.29, 0.717) is 43.3 Å². The third kappa shape index (κ3) is 7.99. The molecule has 0 N–H and O–H groups in total. The van der Waals surface area contributed by atoms with E-state index in [1.807, 2.05) is 40.8 Å². The van der Waals surface area contributed by atoms with Gasteiger partial charge in [0.2, 0.25) is 5.88 Å². The number of rotatable bonds is 10. The van der Waals surface area contributed by atoms with Crippen LogP contribution in [0.15, 0.2) is 85.1 Å². The molecular weight excluding hydrogens is 666 g/mol. The summed E-state index contributed by atoms with van der Waals surface area (Å²) in [5.41, 5.74) is 1.16. The SMILES string of the molecule is CCCOc1ccc(CN2CCN(C(=O)c3cc4ccc(Oc5ccc(N(C)C(=O)c6ccc(C(F)(F)F)cc6F)cn5)cc4n3C)CC2)cc1. The van der Waals surface area contributed by atoms with Crippen LogP contribution in [-0.4, -0.2) is 71.0 Å². The first-order valence-corrected chi connectivity index (χ1v) is 16.5. The summed E-state index contributed by atoms with van der Waals surface area (Å²) in [7, 11) is 3.20. The number of pyridine rings is 1. The lowest BCUT2D eigenvalue weighted by atomic mass is 10.1. The lowest BCUT2D eigenvalue weighted by molar-refractivity contribution is -0.137. The van der Waals surface area contributed by atoms with Crippen LogP contribution in [0.5, 0.6) is 17.4 Å². The lowest BCUT2D eigenvalue weighted by Crippen LogP contribution is -2.48. The van der Waals surface area contributed by atoms with Gasteiger partial charge in [-0.05, 0) is 66.6 Å². The molecule has 3 heterocycles. The molecule has 0 unspecified atom stereocenters. The van der Waals surface area contributed by atoms with E-state index >= 15 is 0 Å². The molecule has 0 saturated carbocycles. The predicted molar refractivity (Wildman–Crippen MR) is 185 cm³/mol. The van der Waals surface area contributed by atoms with Crippen molar-refractivity contribution in [2.45, 2.75) is 26.1 Å². The number of amides is 2.